The molecule has 0 saturated carbocycles. The van der Waals surface area contributed by atoms with Gasteiger partial charge in [0.1, 0.15) is 11.9 Å². The van der Waals surface area contributed by atoms with Crippen molar-refractivity contribution in [3.8, 4) is 11.3 Å². The molecular formula is C21H28N4O2. The lowest BCUT2D eigenvalue weighted by Gasteiger charge is -2.39. The highest BCUT2D eigenvalue weighted by molar-refractivity contribution is 5.98. The number of carbonyl (C=O) groups is 2. The van der Waals surface area contributed by atoms with E-state index in [1.165, 1.54) is 0 Å². The molecule has 1 aliphatic rings. The zero-order chi connectivity index (χ0) is 19.6. The maximum atomic E-state index is 13.1. The quantitative estimate of drug-likeness (QED) is 0.881. The molecule has 2 heterocycles. The molecule has 2 amide bonds. The van der Waals surface area contributed by atoms with Crippen molar-refractivity contribution in [2.24, 2.45) is 0 Å². The first-order valence-electron chi connectivity index (χ1n) is 9.62. The normalized spacial score (nSPS) is 17.5. The number of likely N-dealkylation sites (N-methyl/N-ethyl adjacent to an activating group) is 1. The Labute approximate surface area is 160 Å². The number of imidazole rings is 1. The Kier molecular flexibility index (Phi) is 5.63. The summed E-state index contributed by atoms with van der Waals surface area (Å²) in [6, 6.07) is 7.16. The summed E-state index contributed by atoms with van der Waals surface area (Å²) in [5.41, 5.74) is 3.51. The average molecular weight is 368 g/mol. The van der Waals surface area contributed by atoms with Gasteiger partial charge in [-0.1, -0.05) is 31.9 Å². The largest absolute Gasteiger partial charge is 0.346 e. The van der Waals surface area contributed by atoms with Gasteiger partial charge >= 0.3 is 0 Å². The van der Waals surface area contributed by atoms with Crippen LogP contribution in [0.15, 0.2) is 24.3 Å². The molecule has 0 unspecified atom stereocenters. The molecule has 3 rings (SSSR count). The number of amides is 2. The van der Waals surface area contributed by atoms with E-state index >= 15 is 0 Å². The number of unbranched alkanes of at least 4 members (excludes halogenated alkanes) is 1. The number of nitrogens with one attached hydrogen (secondary N) is 1. The van der Waals surface area contributed by atoms with Crippen LogP contribution in [0, 0.1) is 13.8 Å². The van der Waals surface area contributed by atoms with Crippen molar-refractivity contribution in [2.75, 3.05) is 20.1 Å². The minimum atomic E-state index is -0.355. The summed E-state index contributed by atoms with van der Waals surface area (Å²) in [6.07, 6.45) is 2.66. The van der Waals surface area contributed by atoms with Crippen molar-refractivity contribution in [1.82, 2.24) is 19.8 Å². The molecule has 1 aliphatic heterocycles. The third kappa shape index (κ3) is 3.89. The van der Waals surface area contributed by atoms with Gasteiger partial charge in [-0.15, -0.1) is 0 Å². The van der Waals surface area contributed by atoms with Crippen molar-refractivity contribution in [3.63, 3.8) is 0 Å². The molecule has 6 nitrogen and oxygen atoms in total. The van der Waals surface area contributed by atoms with Gasteiger partial charge in [0.2, 0.25) is 5.91 Å². The van der Waals surface area contributed by atoms with Crippen molar-refractivity contribution < 1.29 is 9.59 Å². The standard InChI is InChI=1S/C21H28N4O2/c1-5-6-7-18-21(27)24(4)12-13-25(18)20(26)17-10-8-16(9-11-17)19-14(2)22-15(3)23-19/h8-11,18H,5-7,12-13H2,1-4H3,(H,22,23)/t18-/m0/s1. The lowest BCUT2D eigenvalue weighted by atomic mass is 10.0. The Bertz CT molecular complexity index is 825. The Hall–Kier alpha value is -2.63. The molecule has 2 aromatic rings. The van der Waals surface area contributed by atoms with Gasteiger partial charge in [-0.25, -0.2) is 4.98 Å². The van der Waals surface area contributed by atoms with Crippen LogP contribution in [0.5, 0.6) is 0 Å². The van der Waals surface area contributed by atoms with Crippen molar-refractivity contribution in [1.29, 1.82) is 0 Å². The van der Waals surface area contributed by atoms with Crippen LogP contribution in [0.25, 0.3) is 11.3 Å². The lowest BCUT2D eigenvalue weighted by molar-refractivity contribution is -0.138. The molecule has 1 atom stereocenters. The second kappa shape index (κ2) is 7.94. The summed E-state index contributed by atoms with van der Waals surface area (Å²) in [7, 11) is 1.81. The number of aryl methyl sites for hydroxylation is 2. The van der Waals surface area contributed by atoms with Crippen molar-refractivity contribution in [3.05, 3.63) is 41.3 Å². The highest BCUT2D eigenvalue weighted by Crippen LogP contribution is 2.23. The second-order valence-electron chi connectivity index (χ2n) is 7.29. The summed E-state index contributed by atoms with van der Waals surface area (Å²) in [6.45, 7) is 7.17. The van der Waals surface area contributed by atoms with E-state index in [1.54, 1.807) is 9.80 Å². The molecule has 0 bridgehead atoms. The van der Waals surface area contributed by atoms with Gasteiger partial charge in [0.15, 0.2) is 0 Å². The van der Waals surface area contributed by atoms with Crippen LogP contribution < -0.4 is 0 Å². The van der Waals surface area contributed by atoms with E-state index in [0.29, 0.717) is 18.7 Å². The number of aromatic nitrogens is 2. The smallest absolute Gasteiger partial charge is 0.254 e. The Morgan fingerprint density at radius 3 is 2.52 bits per heavy atom. The van der Waals surface area contributed by atoms with Gasteiger partial charge < -0.3 is 14.8 Å². The molecular weight excluding hydrogens is 340 g/mol. The van der Waals surface area contributed by atoms with Gasteiger partial charge in [-0.05, 0) is 32.4 Å². The first kappa shape index (κ1) is 19.1. The summed E-state index contributed by atoms with van der Waals surface area (Å²) in [5, 5.41) is 0. The van der Waals surface area contributed by atoms with Gasteiger partial charge in [-0.2, -0.15) is 0 Å². The summed E-state index contributed by atoms with van der Waals surface area (Å²) < 4.78 is 0. The number of hydrogen-bond donors (Lipinski definition) is 1. The molecule has 0 aliphatic carbocycles. The minimum absolute atomic E-state index is 0.0438. The fourth-order valence-electron chi connectivity index (χ4n) is 3.66. The molecule has 144 valence electrons. The van der Waals surface area contributed by atoms with E-state index in [9.17, 15) is 9.59 Å². The van der Waals surface area contributed by atoms with E-state index in [2.05, 4.69) is 16.9 Å². The lowest BCUT2D eigenvalue weighted by Crippen LogP contribution is -2.57. The van der Waals surface area contributed by atoms with Crippen molar-refractivity contribution in [2.45, 2.75) is 46.1 Å². The van der Waals surface area contributed by atoms with Gasteiger partial charge in [0.05, 0.1) is 5.69 Å². The molecule has 1 fully saturated rings. The number of nitrogens with zero attached hydrogens (tertiary/aromatic N) is 3. The maximum absolute atomic E-state index is 13.1. The molecule has 6 heteroatoms. The highest BCUT2D eigenvalue weighted by Gasteiger charge is 2.35. The number of hydrogen-bond acceptors (Lipinski definition) is 3. The fourth-order valence-corrected chi connectivity index (χ4v) is 3.66. The van der Waals surface area contributed by atoms with E-state index < -0.39 is 0 Å². The molecule has 1 aromatic carbocycles. The number of piperazine rings is 1. The van der Waals surface area contributed by atoms with Gasteiger partial charge in [0, 0.05) is 37.0 Å². The van der Waals surface area contributed by atoms with Crippen LogP contribution in [-0.2, 0) is 4.79 Å². The highest BCUT2D eigenvalue weighted by atomic mass is 16.2. The molecule has 27 heavy (non-hydrogen) atoms. The molecule has 1 saturated heterocycles. The predicted molar refractivity (Wildman–Crippen MR) is 105 cm³/mol. The summed E-state index contributed by atoms with van der Waals surface area (Å²) >= 11 is 0. The summed E-state index contributed by atoms with van der Waals surface area (Å²) in [5.74, 6) is 0.846. The monoisotopic (exact) mass is 368 g/mol. The Morgan fingerprint density at radius 1 is 1.22 bits per heavy atom. The maximum Gasteiger partial charge on any atom is 0.254 e. The fraction of sp³-hybridized carbons (Fsp3) is 0.476. The van der Waals surface area contributed by atoms with Crippen LogP contribution in [0.3, 0.4) is 0 Å². The molecule has 0 spiro atoms. The van der Waals surface area contributed by atoms with Crippen LogP contribution in [-0.4, -0.2) is 57.8 Å². The number of carbonyl (C=O) groups excluding carboxylic acids is 2. The third-order valence-corrected chi connectivity index (χ3v) is 5.21. The zero-order valence-electron chi connectivity index (χ0n) is 16.6. The minimum Gasteiger partial charge on any atom is -0.346 e. The zero-order valence-corrected chi connectivity index (χ0v) is 16.6. The molecule has 1 aromatic heterocycles. The third-order valence-electron chi connectivity index (χ3n) is 5.21. The Morgan fingerprint density at radius 2 is 1.93 bits per heavy atom. The number of H-pyrrole nitrogens is 1. The van der Waals surface area contributed by atoms with E-state index in [-0.39, 0.29) is 17.9 Å². The molecule has 1 N–H and O–H groups in total. The SMILES string of the molecule is CCCC[C@H]1C(=O)N(C)CCN1C(=O)c1ccc(-c2nc(C)[nH]c2C)cc1. The predicted octanol–water partition coefficient (Wildman–Crippen LogP) is 3.17. The average Bonchev–Trinajstić information content (AvgIpc) is 3.00. The van der Waals surface area contributed by atoms with E-state index in [4.69, 9.17) is 0 Å². The number of aromatic amines is 1. The van der Waals surface area contributed by atoms with Crippen LogP contribution in [0.4, 0.5) is 0 Å². The Balaban J connectivity index is 1.81. The second-order valence-corrected chi connectivity index (χ2v) is 7.29. The topological polar surface area (TPSA) is 69.3 Å². The van der Waals surface area contributed by atoms with E-state index in [0.717, 1.165) is 42.0 Å². The first-order chi connectivity index (χ1) is 12.9. The first-order valence-corrected chi connectivity index (χ1v) is 9.62. The van der Waals surface area contributed by atoms with Crippen LogP contribution in [0.2, 0.25) is 0 Å². The number of benzene rings is 1. The molecule has 0 radical (unpaired) electrons. The number of rotatable bonds is 5. The summed E-state index contributed by atoms with van der Waals surface area (Å²) in [4.78, 5) is 36.8. The van der Waals surface area contributed by atoms with Gasteiger partial charge in [-0.3, -0.25) is 9.59 Å². The van der Waals surface area contributed by atoms with Gasteiger partial charge in [0.25, 0.3) is 5.91 Å². The van der Waals surface area contributed by atoms with Crippen molar-refractivity contribution >= 4 is 11.8 Å². The van der Waals surface area contributed by atoms with Crippen LogP contribution >= 0.6 is 0 Å². The van der Waals surface area contributed by atoms with Crippen LogP contribution in [0.1, 0.15) is 48.1 Å². The van der Waals surface area contributed by atoms with E-state index in [1.807, 2.05) is 45.2 Å².